The molecule has 1 aliphatic rings. The average Bonchev–Trinajstić information content (AvgIpc) is 2.67. The molecule has 0 spiro atoms. The molecule has 0 bridgehead atoms. The molecule has 0 amide bonds. The van der Waals surface area contributed by atoms with Crippen LogP contribution >= 0.6 is 0 Å². The third-order valence-electron chi connectivity index (χ3n) is 7.05. The van der Waals surface area contributed by atoms with Gasteiger partial charge in [-0.1, -0.05) is 13.8 Å². The fourth-order valence-corrected chi connectivity index (χ4v) is 5.00. The van der Waals surface area contributed by atoms with E-state index in [0.29, 0.717) is 0 Å². The minimum atomic E-state index is -0.661. The van der Waals surface area contributed by atoms with E-state index < -0.39 is 6.10 Å². The van der Waals surface area contributed by atoms with Crippen molar-refractivity contribution in [3.63, 3.8) is 0 Å². The smallest absolute Gasteiger partial charge is 0.135 e. The van der Waals surface area contributed by atoms with Gasteiger partial charge in [-0.05, 0) is 87.4 Å². The maximum absolute atomic E-state index is 10.1. The second-order valence-electron chi connectivity index (χ2n) is 9.26. The standard InChI is InChI=1S/C26H36O4/c1-13-14(2)16(4)24-21(15(13)3)26(8,9)22-19(7)23(29-12-20(27)11-28-10)17(5)18(6)25(22)30-24/h20,27H,11-12H2,1-10H3. The fourth-order valence-electron chi connectivity index (χ4n) is 5.00. The SMILES string of the molecule is COCC(O)COc1c(C)c(C)c2c(c1C)C(C)(C)c1c(C)c(C)c(C)c(C)c1O2. The van der Waals surface area contributed by atoms with Gasteiger partial charge in [-0.15, -0.1) is 0 Å². The highest BCUT2D eigenvalue weighted by Gasteiger charge is 2.41. The van der Waals surface area contributed by atoms with Crippen LogP contribution in [0.2, 0.25) is 0 Å². The Hall–Kier alpha value is -2.04. The second kappa shape index (κ2) is 7.90. The van der Waals surface area contributed by atoms with Gasteiger partial charge in [0.25, 0.3) is 0 Å². The van der Waals surface area contributed by atoms with Crippen LogP contribution in [0.1, 0.15) is 63.9 Å². The molecule has 0 saturated carbocycles. The lowest BCUT2D eigenvalue weighted by Crippen LogP contribution is -2.29. The lowest BCUT2D eigenvalue weighted by molar-refractivity contribution is 0.0321. The topological polar surface area (TPSA) is 47.9 Å². The van der Waals surface area contributed by atoms with Crippen molar-refractivity contribution >= 4 is 0 Å². The maximum atomic E-state index is 10.1. The summed E-state index contributed by atoms with van der Waals surface area (Å²) in [5.41, 5.74) is 10.5. The van der Waals surface area contributed by atoms with Gasteiger partial charge in [0.1, 0.15) is 30.0 Å². The Morgan fingerprint density at radius 3 is 1.80 bits per heavy atom. The molecule has 0 saturated heterocycles. The first-order valence-corrected chi connectivity index (χ1v) is 10.7. The lowest BCUT2D eigenvalue weighted by Gasteiger charge is -2.40. The number of hydrogen-bond acceptors (Lipinski definition) is 4. The van der Waals surface area contributed by atoms with Crippen LogP contribution in [0, 0.1) is 48.5 Å². The summed E-state index contributed by atoms with van der Waals surface area (Å²) in [7, 11) is 1.58. The Labute approximate surface area is 181 Å². The molecule has 0 fully saturated rings. The summed E-state index contributed by atoms with van der Waals surface area (Å²) in [6.45, 7) is 20.0. The van der Waals surface area contributed by atoms with Crippen molar-refractivity contribution in [2.45, 2.75) is 73.8 Å². The third-order valence-corrected chi connectivity index (χ3v) is 7.05. The van der Waals surface area contributed by atoms with E-state index in [9.17, 15) is 5.11 Å². The number of fused-ring (bicyclic) bond motifs is 2. The summed E-state index contributed by atoms with van der Waals surface area (Å²) >= 11 is 0. The van der Waals surface area contributed by atoms with Gasteiger partial charge in [-0.2, -0.15) is 0 Å². The summed E-state index contributed by atoms with van der Waals surface area (Å²) < 4.78 is 17.8. The van der Waals surface area contributed by atoms with E-state index in [-0.39, 0.29) is 18.6 Å². The maximum Gasteiger partial charge on any atom is 0.135 e. The molecule has 1 N–H and O–H groups in total. The Bertz CT molecular complexity index is 1000. The van der Waals surface area contributed by atoms with Crippen molar-refractivity contribution in [2.24, 2.45) is 0 Å². The lowest BCUT2D eigenvalue weighted by atomic mass is 9.69. The van der Waals surface area contributed by atoms with Gasteiger partial charge >= 0.3 is 0 Å². The van der Waals surface area contributed by atoms with Crippen molar-refractivity contribution in [3.05, 3.63) is 50.1 Å². The van der Waals surface area contributed by atoms with Gasteiger partial charge in [0.15, 0.2) is 0 Å². The van der Waals surface area contributed by atoms with E-state index in [4.69, 9.17) is 14.2 Å². The van der Waals surface area contributed by atoms with E-state index in [1.807, 2.05) is 0 Å². The zero-order valence-electron chi connectivity index (χ0n) is 20.2. The molecule has 2 aromatic carbocycles. The van der Waals surface area contributed by atoms with Crippen LogP contribution in [0.3, 0.4) is 0 Å². The predicted octanol–water partition coefficient (Wildman–Crippen LogP) is 5.66. The molecular formula is C26H36O4. The molecular weight excluding hydrogens is 376 g/mol. The van der Waals surface area contributed by atoms with Crippen LogP contribution < -0.4 is 9.47 Å². The predicted molar refractivity (Wildman–Crippen MR) is 122 cm³/mol. The number of ether oxygens (including phenoxy) is 3. The highest BCUT2D eigenvalue weighted by Crippen LogP contribution is 2.55. The van der Waals surface area contributed by atoms with Crippen LogP contribution in [0.5, 0.6) is 17.2 Å². The molecule has 164 valence electrons. The second-order valence-corrected chi connectivity index (χ2v) is 9.26. The number of aliphatic hydroxyl groups is 1. The van der Waals surface area contributed by atoms with Gasteiger partial charge in [0.2, 0.25) is 0 Å². The van der Waals surface area contributed by atoms with E-state index >= 15 is 0 Å². The molecule has 1 heterocycles. The number of rotatable bonds is 5. The number of benzene rings is 2. The molecule has 30 heavy (non-hydrogen) atoms. The van der Waals surface area contributed by atoms with Crippen molar-refractivity contribution in [1.29, 1.82) is 0 Å². The fraction of sp³-hybridized carbons (Fsp3) is 0.538. The Balaban J connectivity index is 2.22. The molecule has 1 atom stereocenters. The van der Waals surface area contributed by atoms with Crippen molar-refractivity contribution < 1.29 is 19.3 Å². The van der Waals surface area contributed by atoms with Gasteiger partial charge in [-0.25, -0.2) is 0 Å². The van der Waals surface area contributed by atoms with Gasteiger partial charge in [0.05, 0.1) is 6.61 Å². The molecule has 4 nitrogen and oxygen atoms in total. The molecule has 3 rings (SSSR count). The molecule has 0 radical (unpaired) electrons. The molecule has 1 unspecified atom stereocenters. The summed E-state index contributed by atoms with van der Waals surface area (Å²) in [5.74, 6) is 2.77. The van der Waals surface area contributed by atoms with Gasteiger partial charge in [-0.3, -0.25) is 0 Å². The quantitative estimate of drug-likeness (QED) is 0.688. The zero-order valence-corrected chi connectivity index (χ0v) is 20.2. The first-order valence-electron chi connectivity index (χ1n) is 10.7. The zero-order chi connectivity index (χ0) is 22.5. The largest absolute Gasteiger partial charge is 0.490 e. The summed E-state index contributed by atoms with van der Waals surface area (Å²) in [6.07, 6.45) is -0.661. The van der Waals surface area contributed by atoms with Crippen LogP contribution in [-0.4, -0.2) is 31.5 Å². The Kier molecular flexibility index (Phi) is 5.96. The molecule has 1 aliphatic heterocycles. The molecule has 4 heteroatoms. The minimum Gasteiger partial charge on any atom is -0.490 e. The van der Waals surface area contributed by atoms with Gasteiger partial charge in [0, 0.05) is 23.7 Å². The number of methoxy groups -OCH3 is 1. The van der Waals surface area contributed by atoms with Crippen LogP contribution in [0.25, 0.3) is 0 Å². The van der Waals surface area contributed by atoms with Crippen molar-refractivity contribution in [3.8, 4) is 17.2 Å². The van der Waals surface area contributed by atoms with E-state index in [1.54, 1.807) is 7.11 Å². The van der Waals surface area contributed by atoms with E-state index in [1.165, 1.54) is 33.4 Å². The van der Waals surface area contributed by atoms with Crippen LogP contribution in [-0.2, 0) is 10.2 Å². The summed E-state index contributed by atoms with van der Waals surface area (Å²) in [4.78, 5) is 0. The molecule has 2 aromatic rings. The highest BCUT2D eigenvalue weighted by molar-refractivity contribution is 5.70. The van der Waals surface area contributed by atoms with E-state index in [2.05, 4.69) is 62.3 Å². The highest BCUT2D eigenvalue weighted by atomic mass is 16.5. The first kappa shape index (κ1) is 22.6. The summed E-state index contributed by atoms with van der Waals surface area (Å²) in [5, 5.41) is 10.1. The normalized spacial score (nSPS) is 15.3. The van der Waals surface area contributed by atoms with Crippen molar-refractivity contribution in [1.82, 2.24) is 0 Å². The van der Waals surface area contributed by atoms with Crippen LogP contribution in [0.15, 0.2) is 0 Å². The minimum absolute atomic E-state index is 0.196. The van der Waals surface area contributed by atoms with Crippen LogP contribution in [0.4, 0.5) is 0 Å². The van der Waals surface area contributed by atoms with E-state index in [0.717, 1.165) is 33.9 Å². The van der Waals surface area contributed by atoms with Crippen molar-refractivity contribution in [2.75, 3.05) is 20.3 Å². The Morgan fingerprint density at radius 2 is 1.23 bits per heavy atom. The Morgan fingerprint density at radius 1 is 0.733 bits per heavy atom. The molecule has 0 aromatic heterocycles. The summed E-state index contributed by atoms with van der Waals surface area (Å²) in [6, 6.07) is 0. The number of hydrogen-bond donors (Lipinski definition) is 1. The molecule has 0 aliphatic carbocycles. The first-order chi connectivity index (χ1) is 13.9. The number of aliphatic hydroxyl groups excluding tert-OH is 1. The monoisotopic (exact) mass is 412 g/mol. The van der Waals surface area contributed by atoms with Gasteiger partial charge < -0.3 is 19.3 Å². The average molecular weight is 413 g/mol. The third kappa shape index (κ3) is 3.30.